The second kappa shape index (κ2) is 8.54. The molecule has 9 nitrogen and oxygen atoms in total. The Morgan fingerprint density at radius 1 is 1.06 bits per heavy atom. The second-order valence-corrected chi connectivity index (χ2v) is 11.5. The lowest BCUT2D eigenvalue weighted by atomic mass is 10.2. The highest BCUT2D eigenvalue weighted by Crippen LogP contribution is 2.47. The van der Waals surface area contributed by atoms with Crippen molar-refractivity contribution in [2.24, 2.45) is 0 Å². The summed E-state index contributed by atoms with van der Waals surface area (Å²) < 4.78 is 40.0. The molecule has 1 heterocycles. The number of benzene rings is 2. The molecule has 2 aromatic carbocycles. The lowest BCUT2D eigenvalue weighted by Gasteiger charge is -2.31. The van der Waals surface area contributed by atoms with Gasteiger partial charge in [-0.25, -0.2) is 22.7 Å². The molecule has 0 radical (unpaired) electrons. The predicted octanol–water partition coefficient (Wildman–Crippen LogP) is 3.72. The van der Waals surface area contributed by atoms with Gasteiger partial charge in [0, 0.05) is 29.5 Å². The molecule has 0 saturated carbocycles. The van der Waals surface area contributed by atoms with Crippen molar-refractivity contribution in [3.63, 3.8) is 0 Å². The van der Waals surface area contributed by atoms with Crippen molar-refractivity contribution in [1.29, 1.82) is 0 Å². The first kappa shape index (κ1) is 23.7. The summed E-state index contributed by atoms with van der Waals surface area (Å²) in [6.45, 7) is 1.12. The fourth-order valence-corrected chi connectivity index (χ4v) is 6.43. The lowest BCUT2D eigenvalue weighted by Crippen LogP contribution is -2.39. The summed E-state index contributed by atoms with van der Waals surface area (Å²) in [4.78, 5) is 29.5. The van der Waals surface area contributed by atoms with E-state index in [0.29, 0.717) is 15.5 Å². The first-order chi connectivity index (χ1) is 14.3. The molecule has 3 aromatic rings. The van der Waals surface area contributed by atoms with Crippen LogP contribution in [-0.2, 0) is 14.6 Å². The Labute approximate surface area is 189 Å². The maximum atomic E-state index is 13.6. The Hall–Kier alpha value is -1.94. The number of para-hydroxylation sites is 1. The van der Waals surface area contributed by atoms with Gasteiger partial charge < -0.3 is 14.7 Å². The molecule has 0 spiro atoms. The highest BCUT2D eigenvalue weighted by Gasteiger charge is 2.40. The topological polar surface area (TPSA) is 124 Å². The zero-order valence-corrected chi connectivity index (χ0v) is 19.9. The van der Waals surface area contributed by atoms with Gasteiger partial charge >= 0.3 is 7.60 Å². The monoisotopic (exact) mass is 504 g/mol. The third-order valence-corrected chi connectivity index (χ3v) is 8.16. The van der Waals surface area contributed by atoms with Crippen molar-refractivity contribution in [3.8, 4) is 0 Å². The van der Waals surface area contributed by atoms with Crippen molar-refractivity contribution < 1.29 is 22.8 Å². The lowest BCUT2D eigenvalue weighted by molar-refractivity contribution is 0.361. The third kappa shape index (κ3) is 4.64. The molecule has 1 unspecified atom stereocenters. The summed E-state index contributed by atoms with van der Waals surface area (Å²) in [6.07, 6.45) is 1.25. The molecule has 31 heavy (non-hydrogen) atoms. The summed E-state index contributed by atoms with van der Waals surface area (Å²) in [5.41, 5.74) is 0.188. The molecule has 166 valence electrons. The van der Waals surface area contributed by atoms with Gasteiger partial charge in [0.15, 0.2) is 0 Å². The standard InChI is InChI=1S/C18H19Cl2N4O5PS/c1-11(30(25,26)27)24(31(28,29)14-8-12(19)7-13(20)9-14)16-6-4-5-15-17(16)21-10-22-18(15)23(2)3/h4-11H,1-3H3,(H2,25,26,27). The van der Waals surface area contributed by atoms with Gasteiger partial charge in [0.2, 0.25) is 0 Å². The molecule has 1 atom stereocenters. The predicted molar refractivity (Wildman–Crippen MR) is 121 cm³/mol. The van der Waals surface area contributed by atoms with Crippen molar-refractivity contribution in [3.05, 3.63) is 52.8 Å². The van der Waals surface area contributed by atoms with Crippen LogP contribution in [-0.4, -0.2) is 48.1 Å². The molecule has 0 bridgehead atoms. The second-order valence-electron chi connectivity index (χ2n) is 6.89. The van der Waals surface area contributed by atoms with E-state index in [1.54, 1.807) is 31.1 Å². The summed E-state index contributed by atoms with van der Waals surface area (Å²) in [6, 6.07) is 8.35. The molecular weight excluding hydrogens is 486 g/mol. The van der Waals surface area contributed by atoms with Crippen LogP contribution < -0.4 is 9.21 Å². The van der Waals surface area contributed by atoms with Crippen LogP contribution in [0.1, 0.15) is 6.92 Å². The van der Waals surface area contributed by atoms with E-state index in [9.17, 15) is 22.8 Å². The number of fused-ring (bicyclic) bond motifs is 1. The Bertz CT molecular complexity index is 1280. The van der Waals surface area contributed by atoms with E-state index < -0.39 is 23.4 Å². The molecule has 0 aliphatic carbocycles. The summed E-state index contributed by atoms with van der Waals surface area (Å²) in [7, 11) is -5.89. The van der Waals surface area contributed by atoms with Gasteiger partial charge in [0.1, 0.15) is 23.4 Å². The molecule has 0 amide bonds. The largest absolute Gasteiger partial charge is 0.362 e. The van der Waals surface area contributed by atoms with Gasteiger partial charge in [0.25, 0.3) is 10.0 Å². The van der Waals surface area contributed by atoms with Crippen LogP contribution in [0.2, 0.25) is 10.0 Å². The van der Waals surface area contributed by atoms with Crippen LogP contribution in [0.3, 0.4) is 0 Å². The average Bonchev–Trinajstić information content (AvgIpc) is 2.66. The highest BCUT2D eigenvalue weighted by molar-refractivity contribution is 7.93. The number of anilines is 2. The average molecular weight is 505 g/mol. The molecule has 13 heteroatoms. The smallest absolute Gasteiger partial charge is 0.348 e. The maximum absolute atomic E-state index is 13.6. The fraction of sp³-hybridized carbons (Fsp3) is 0.222. The van der Waals surface area contributed by atoms with E-state index >= 15 is 0 Å². The zero-order valence-electron chi connectivity index (χ0n) is 16.6. The Morgan fingerprint density at radius 2 is 1.68 bits per heavy atom. The minimum Gasteiger partial charge on any atom is -0.362 e. The fourth-order valence-electron chi connectivity index (χ4n) is 3.05. The Morgan fingerprint density at radius 3 is 2.23 bits per heavy atom. The van der Waals surface area contributed by atoms with E-state index in [1.165, 1.54) is 18.5 Å². The summed E-state index contributed by atoms with van der Waals surface area (Å²) >= 11 is 12.0. The van der Waals surface area contributed by atoms with Crippen LogP contribution in [0.15, 0.2) is 47.6 Å². The molecule has 0 aliphatic heterocycles. The van der Waals surface area contributed by atoms with E-state index in [0.717, 1.165) is 19.1 Å². The summed E-state index contributed by atoms with van der Waals surface area (Å²) in [5.74, 6) is -1.22. The van der Waals surface area contributed by atoms with Gasteiger partial charge in [-0.1, -0.05) is 29.3 Å². The van der Waals surface area contributed by atoms with Crippen LogP contribution in [0.5, 0.6) is 0 Å². The number of halogens is 2. The third-order valence-electron chi connectivity index (χ3n) is 4.50. The van der Waals surface area contributed by atoms with Crippen molar-refractivity contribution in [2.75, 3.05) is 23.3 Å². The summed E-state index contributed by atoms with van der Waals surface area (Å²) in [5, 5.41) is 0.627. The number of rotatable bonds is 6. The van der Waals surface area contributed by atoms with Gasteiger partial charge in [-0.15, -0.1) is 0 Å². The Kier molecular flexibility index (Phi) is 6.53. The molecule has 3 rings (SSSR count). The molecule has 2 N–H and O–H groups in total. The molecule has 0 fully saturated rings. The van der Waals surface area contributed by atoms with E-state index in [4.69, 9.17) is 23.2 Å². The molecular formula is C18H19Cl2N4O5PS. The molecule has 0 saturated heterocycles. The quantitative estimate of drug-likeness (QED) is 0.486. The number of hydrogen-bond donors (Lipinski definition) is 2. The minimum atomic E-state index is -4.90. The molecule has 0 aliphatic rings. The number of hydrogen-bond acceptors (Lipinski definition) is 6. The van der Waals surface area contributed by atoms with E-state index in [-0.39, 0.29) is 26.1 Å². The number of sulfonamides is 1. The van der Waals surface area contributed by atoms with Gasteiger partial charge in [-0.3, -0.25) is 4.57 Å². The van der Waals surface area contributed by atoms with Crippen LogP contribution in [0, 0.1) is 0 Å². The van der Waals surface area contributed by atoms with Crippen LogP contribution in [0.4, 0.5) is 11.5 Å². The number of nitrogens with zero attached hydrogens (tertiary/aromatic N) is 4. The number of aromatic nitrogens is 2. The highest BCUT2D eigenvalue weighted by atomic mass is 35.5. The van der Waals surface area contributed by atoms with Crippen molar-refractivity contribution >= 4 is 63.2 Å². The van der Waals surface area contributed by atoms with Crippen molar-refractivity contribution in [1.82, 2.24) is 9.97 Å². The van der Waals surface area contributed by atoms with Crippen LogP contribution in [0.25, 0.3) is 10.9 Å². The zero-order chi connectivity index (χ0) is 23.1. The Balaban J connectivity index is 2.37. The van der Waals surface area contributed by atoms with Crippen molar-refractivity contribution in [2.45, 2.75) is 17.6 Å². The van der Waals surface area contributed by atoms with Gasteiger partial charge in [-0.05, 0) is 37.3 Å². The van der Waals surface area contributed by atoms with E-state index in [2.05, 4.69) is 9.97 Å². The van der Waals surface area contributed by atoms with E-state index in [1.807, 2.05) is 0 Å². The SMILES string of the molecule is CC(N(c1cccc2c(N(C)C)ncnc12)S(=O)(=O)c1cc(Cl)cc(Cl)c1)P(=O)(O)O. The van der Waals surface area contributed by atoms with Crippen LogP contribution >= 0.6 is 30.8 Å². The first-order valence-corrected chi connectivity index (χ1v) is 12.7. The van der Waals surface area contributed by atoms with Gasteiger partial charge in [0.05, 0.1) is 10.6 Å². The molecule has 1 aromatic heterocycles. The normalized spacial score (nSPS) is 13.3. The van der Waals surface area contributed by atoms with Gasteiger partial charge in [-0.2, -0.15) is 0 Å². The maximum Gasteiger partial charge on any atom is 0.348 e. The first-order valence-electron chi connectivity index (χ1n) is 8.81. The minimum absolute atomic E-state index is 0.0186.